The number of amidine groups is 1. The van der Waals surface area contributed by atoms with Crippen LogP contribution in [0.2, 0.25) is 5.02 Å². The Kier molecular flexibility index (Phi) is 4.37. The van der Waals surface area contributed by atoms with E-state index >= 15 is 0 Å². The van der Waals surface area contributed by atoms with Crippen molar-refractivity contribution in [3.63, 3.8) is 0 Å². The lowest BCUT2D eigenvalue weighted by molar-refractivity contribution is -0.115. The van der Waals surface area contributed by atoms with Gasteiger partial charge in [0, 0.05) is 11.1 Å². The molecule has 0 radical (unpaired) electrons. The van der Waals surface area contributed by atoms with Gasteiger partial charge in [0.1, 0.15) is 5.76 Å². The topological polar surface area (TPSA) is 54.6 Å². The van der Waals surface area contributed by atoms with Gasteiger partial charge in [-0.2, -0.15) is 0 Å². The molecule has 0 saturated carbocycles. The van der Waals surface area contributed by atoms with Gasteiger partial charge in [-0.3, -0.25) is 4.79 Å². The number of nitrogens with one attached hydrogen (secondary N) is 1. The number of halogens is 2. The number of hydrogen-bond acceptors (Lipinski definition) is 4. The van der Waals surface area contributed by atoms with Crippen molar-refractivity contribution in [3.8, 4) is 0 Å². The molecule has 1 saturated heterocycles. The van der Waals surface area contributed by atoms with Gasteiger partial charge < -0.3 is 9.73 Å². The molecule has 106 valence electrons. The van der Waals surface area contributed by atoms with Gasteiger partial charge in [0.05, 0.1) is 10.6 Å². The Balaban J connectivity index is 1.81. The van der Waals surface area contributed by atoms with Crippen LogP contribution in [-0.4, -0.2) is 11.1 Å². The molecule has 1 amide bonds. The fraction of sp³-hybridized carbons (Fsp3) is 0. The van der Waals surface area contributed by atoms with Crippen LogP contribution in [-0.2, 0) is 4.79 Å². The molecule has 21 heavy (non-hydrogen) atoms. The van der Waals surface area contributed by atoms with Gasteiger partial charge in [-0.25, -0.2) is 4.99 Å². The summed E-state index contributed by atoms with van der Waals surface area (Å²) >= 11 is 9.18. The third-order valence-corrected chi connectivity index (χ3v) is 4.32. The minimum absolute atomic E-state index is 0.181. The molecule has 1 aliphatic heterocycles. The number of rotatable bonds is 2. The Hall–Kier alpha value is -1.25. The number of aliphatic imine (C=N–C) groups is 1. The summed E-state index contributed by atoms with van der Waals surface area (Å²) in [6.07, 6.45) is 1.70. The molecule has 1 aromatic heterocycles. The first-order valence-electron chi connectivity index (χ1n) is 5.91. The minimum atomic E-state index is -0.181. The Morgan fingerprint density at radius 2 is 2.00 bits per heavy atom. The Morgan fingerprint density at radius 1 is 1.24 bits per heavy atom. The molecule has 0 bridgehead atoms. The standard InChI is InChI=1S/C14H8ClIN2O2S/c15-8-1-3-9(4-2-8)17-14-18-13(19)11(21-14)7-10-5-6-12(16)20-10/h1-7H,(H,17,18,19)/b11-7-. The molecule has 3 rings (SSSR count). The lowest BCUT2D eigenvalue weighted by atomic mass is 10.3. The first-order valence-corrected chi connectivity index (χ1v) is 8.18. The van der Waals surface area contributed by atoms with Crippen molar-refractivity contribution in [2.75, 3.05) is 0 Å². The number of benzene rings is 1. The predicted molar refractivity (Wildman–Crippen MR) is 93.7 cm³/mol. The van der Waals surface area contributed by atoms with E-state index in [1.54, 1.807) is 30.3 Å². The van der Waals surface area contributed by atoms with Gasteiger partial charge in [-0.1, -0.05) is 11.6 Å². The molecular weight excluding hydrogens is 423 g/mol. The SMILES string of the molecule is O=C1NC(=Nc2ccc(Cl)cc2)S/C1=C\c1ccc(I)o1. The van der Waals surface area contributed by atoms with E-state index in [2.05, 4.69) is 32.9 Å². The number of carbonyl (C=O) groups is 1. The monoisotopic (exact) mass is 430 g/mol. The second-order valence-electron chi connectivity index (χ2n) is 4.10. The van der Waals surface area contributed by atoms with E-state index in [0.717, 1.165) is 9.45 Å². The summed E-state index contributed by atoms with van der Waals surface area (Å²) in [7, 11) is 0. The van der Waals surface area contributed by atoms with Crippen molar-refractivity contribution in [2.45, 2.75) is 0 Å². The van der Waals surface area contributed by atoms with Gasteiger partial charge in [-0.15, -0.1) is 0 Å². The molecule has 4 nitrogen and oxygen atoms in total. The van der Waals surface area contributed by atoms with E-state index in [1.165, 1.54) is 11.8 Å². The number of hydrogen-bond donors (Lipinski definition) is 1. The smallest absolute Gasteiger partial charge is 0.264 e. The van der Waals surface area contributed by atoms with Crippen LogP contribution in [0.15, 0.2) is 50.7 Å². The summed E-state index contributed by atoms with van der Waals surface area (Å²) in [6.45, 7) is 0. The van der Waals surface area contributed by atoms with Gasteiger partial charge in [0.25, 0.3) is 5.91 Å². The molecule has 1 aromatic carbocycles. The number of furan rings is 1. The molecule has 0 atom stereocenters. The highest BCUT2D eigenvalue weighted by molar-refractivity contribution is 14.1. The van der Waals surface area contributed by atoms with Crippen molar-refractivity contribution < 1.29 is 9.21 Å². The second kappa shape index (κ2) is 6.25. The number of carbonyl (C=O) groups excluding carboxylic acids is 1. The quantitative estimate of drug-likeness (QED) is 0.566. The van der Waals surface area contributed by atoms with Crippen LogP contribution in [0.5, 0.6) is 0 Å². The molecule has 1 N–H and O–H groups in total. The largest absolute Gasteiger partial charge is 0.451 e. The molecule has 0 aliphatic carbocycles. The summed E-state index contributed by atoms with van der Waals surface area (Å²) in [5.74, 6) is 0.462. The summed E-state index contributed by atoms with van der Waals surface area (Å²) in [6, 6.07) is 10.7. The summed E-state index contributed by atoms with van der Waals surface area (Å²) < 4.78 is 6.20. The lowest BCUT2D eigenvalue weighted by Crippen LogP contribution is -2.19. The fourth-order valence-corrected chi connectivity index (χ4v) is 3.03. The van der Waals surface area contributed by atoms with Crippen LogP contribution in [0.1, 0.15) is 5.76 Å². The van der Waals surface area contributed by atoms with Crippen molar-refractivity contribution in [3.05, 3.63) is 55.9 Å². The van der Waals surface area contributed by atoms with Crippen molar-refractivity contribution in [1.29, 1.82) is 0 Å². The van der Waals surface area contributed by atoms with Crippen LogP contribution in [0.25, 0.3) is 6.08 Å². The lowest BCUT2D eigenvalue weighted by Gasteiger charge is -1.96. The predicted octanol–water partition coefficient (Wildman–Crippen LogP) is 4.43. The first-order chi connectivity index (χ1) is 10.1. The number of thioether (sulfide) groups is 1. The maximum Gasteiger partial charge on any atom is 0.264 e. The second-order valence-corrected chi connectivity index (χ2v) is 6.63. The molecule has 0 spiro atoms. The Bertz CT molecular complexity index is 753. The zero-order valence-corrected chi connectivity index (χ0v) is 14.2. The average Bonchev–Trinajstić information content (AvgIpc) is 3.00. The zero-order valence-electron chi connectivity index (χ0n) is 10.5. The summed E-state index contributed by atoms with van der Waals surface area (Å²) in [5, 5.41) is 3.91. The van der Waals surface area contributed by atoms with E-state index < -0.39 is 0 Å². The van der Waals surface area contributed by atoms with E-state index in [-0.39, 0.29) is 5.91 Å². The molecule has 0 unspecified atom stereocenters. The fourth-order valence-electron chi connectivity index (χ4n) is 1.65. The Morgan fingerprint density at radius 3 is 2.67 bits per heavy atom. The van der Waals surface area contributed by atoms with Gasteiger partial charge in [0.2, 0.25) is 0 Å². The van der Waals surface area contributed by atoms with Crippen LogP contribution in [0, 0.1) is 3.77 Å². The summed E-state index contributed by atoms with van der Waals surface area (Å²) in [4.78, 5) is 16.8. The van der Waals surface area contributed by atoms with Gasteiger partial charge in [-0.05, 0) is 70.8 Å². The molecule has 1 aliphatic rings. The normalized spacial score (nSPS) is 18.5. The molecule has 2 aromatic rings. The highest BCUT2D eigenvalue weighted by atomic mass is 127. The third-order valence-electron chi connectivity index (χ3n) is 2.58. The van der Waals surface area contributed by atoms with Crippen LogP contribution >= 0.6 is 46.0 Å². The van der Waals surface area contributed by atoms with E-state index in [9.17, 15) is 4.79 Å². The Labute approximate surface area is 143 Å². The molecule has 2 heterocycles. The van der Waals surface area contributed by atoms with Crippen LogP contribution < -0.4 is 5.32 Å². The van der Waals surface area contributed by atoms with E-state index in [1.807, 2.05) is 12.1 Å². The van der Waals surface area contributed by atoms with Gasteiger partial charge >= 0.3 is 0 Å². The summed E-state index contributed by atoms with van der Waals surface area (Å²) in [5.41, 5.74) is 0.732. The third kappa shape index (κ3) is 3.69. The average molecular weight is 431 g/mol. The van der Waals surface area contributed by atoms with E-state index in [4.69, 9.17) is 16.0 Å². The van der Waals surface area contributed by atoms with Crippen LogP contribution in [0.3, 0.4) is 0 Å². The minimum Gasteiger partial charge on any atom is -0.451 e. The maximum absolute atomic E-state index is 11.9. The number of nitrogens with zero attached hydrogens (tertiary/aromatic N) is 1. The highest BCUT2D eigenvalue weighted by Gasteiger charge is 2.24. The molecule has 1 fully saturated rings. The maximum atomic E-state index is 11.9. The van der Waals surface area contributed by atoms with Gasteiger partial charge in [0.15, 0.2) is 8.93 Å². The van der Waals surface area contributed by atoms with Crippen molar-refractivity contribution in [2.24, 2.45) is 4.99 Å². The highest BCUT2D eigenvalue weighted by Crippen LogP contribution is 2.28. The molecule has 7 heteroatoms. The first kappa shape index (κ1) is 14.7. The molecular formula is C14H8ClIN2O2S. The van der Waals surface area contributed by atoms with Crippen molar-refractivity contribution in [1.82, 2.24) is 5.32 Å². The van der Waals surface area contributed by atoms with Crippen LogP contribution in [0.4, 0.5) is 5.69 Å². The zero-order chi connectivity index (χ0) is 14.8. The van der Waals surface area contributed by atoms with E-state index in [0.29, 0.717) is 20.9 Å². The van der Waals surface area contributed by atoms with Crippen molar-refractivity contribution >= 4 is 68.8 Å². The number of amides is 1.